The molecular formula is C20H41NO2. The summed E-state index contributed by atoms with van der Waals surface area (Å²) >= 11 is 0. The van der Waals surface area contributed by atoms with E-state index < -0.39 is 0 Å². The number of nitrogens with one attached hydrogen (secondary N) is 1. The molecular weight excluding hydrogens is 286 g/mol. The van der Waals surface area contributed by atoms with Crippen LogP contribution in [0.1, 0.15) is 104 Å². The molecule has 0 saturated carbocycles. The lowest BCUT2D eigenvalue weighted by Crippen LogP contribution is -2.34. The van der Waals surface area contributed by atoms with Gasteiger partial charge in [-0.3, -0.25) is 4.79 Å². The number of rotatable bonds is 16. The molecule has 0 saturated heterocycles. The van der Waals surface area contributed by atoms with Gasteiger partial charge in [-0.05, 0) is 19.3 Å². The first kappa shape index (κ1) is 22.4. The summed E-state index contributed by atoms with van der Waals surface area (Å²) in [7, 11) is 0. The lowest BCUT2D eigenvalue weighted by molar-refractivity contribution is -0.122. The van der Waals surface area contributed by atoms with E-state index in [2.05, 4.69) is 19.2 Å². The Morgan fingerprint density at radius 3 is 1.65 bits per heavy atom. The molecule has 1 atom stereocenters. The van der Waals surface area contributed by atoms with E-state index in [0.29, 0.717) is 6.42 Å². The summed E-state index contributed by atoms with van der Waals surface area (Å²) in [5.74, 6) is 0.933. The highest BCUT2D eigenvalue weighted by Crippen LogP contribution is 2.14. The highest BCUT2D eigenvalue weighted by Gasteiger charge is 2.05. The zero-order valence-electron chi connectivity index (χ0n) is 15.9. The Kier molecular flexibility index (Phi) is 15.9. The monoisotopic (exact) mass is 327 g/mol. The smallest absolute Gasteiger partial charge is 0.220 e. The molecule has 138 valence electrons. The minimum absolute atomic E-state index is 0.0173. The highest BCUT2D eigenvalue weighted by atomic mass is 16.3. The second-order valence-corrected chi connectivity index (χ2v) is 7.47. The van der Waals surface area contributed by atoms with Crippen LogP contribution in [-0.2, 0) is 4.79 Å². The largest absolute Gasteiger partial charge is 0.394 e. The molecule has 0 aliphatic rings. The van der Waals surface area contributed by atoms with E-state index in [1.807, 2.05) is 6.92 Å². The summed E-state index contributed by atoms with van der Waals surface area (Å²) in [6.07, 6.45) is 16.4. The van der Waals surface area contributed by atoms with Crippen molar-refractivity contribution in [1.82, 2.24) is 5.32 Å². The van der Waals surface area contributed by atoms with Crippen molar-refractivity contribution in [3.63, 3.8) is 0 Å². The molecule has 3 heteroatoms. The van der Waals surface area contributed by atoms with E-state index in [1.165, 1.54) is 64.2 Å². The van der Waals surface area contributed by atoms with Crippen LogP contribution in [0.4, 0.5) is 0 Å². The van der Waals surface area contributed by atoms with Crippen LogP contribution in [0, 0.1) is 5.92 Å². The van der Waals surface area contributed by atoms with Gasteiger partial charge in [-0.15, -0.1) is 0 Å². The standard InChI is InChI=1S/C20H41NO2/c1-18(2)15-13-11-9-7-5-4-6-8-10-12-14-16-20(23)21-19(3)17-22/h18-19,22H,4-17H2,1-3H3,(H,21,23). The molecule has 0 aromatic carbocycles. The Morgan fingerprint density at radius 2 is 1.22 bits per heavy atom. The Morgan fingerprint density at radius 1 is 0.783 bits per heavy atom. The van der Waals surface area contributed by atoms with Crippen LogP contribution >= 0.6 is 0 Å². The molecule has 0 fully saturated rings. The van der Waals surface area contributed by atoms with Crippen LogP contribution in [0.2, 0.25) is 0 Å². The highest BCUT2D eigenvalue weighted by molar-refractivity contribution is 5.76. The van der Waals surface area contributed by atoms with Gasteiger partial charge >= 0.3 is 0 Å². The number of amides is 1. The van der Waals surface area contributed by atoms with Gasteiger partial charge in [0.05, 0.1) is 6.61 Å². The number of carbonyl (C=O) groups is 1. The van der Waals surface area contributed by atoms with Gasteiger partial charge in [0.15, 0.2) is 0 Å². The van der Waals surface area contributed by atoms with Crippen LogP contribution in [0.5, 0.6) is 0 Å². The predicted octanol–water partition coefficient (Wildman–Crippen LogP) is 5.21. The Balaban J connectivity index is 3.15. The summed E-state index contributed by atoms with van der Waals surface area (Å²) in [5.41, 5.74) is 0. The molecule has 0 aliphatic heterocycles. The summed E-state index contributed by atoms with van der Waals surface area (Å²) in [6.45, 7) is 6.45. The third-order valence-corrected chi connectivity index (χ3v) is 4.37. The van der Waals surface area contributed by atoms with Gasteiger partial charge in [0.25, 0.3) is 0 Å². The van der Waals surface area contributed by atoms with Gasteiger partial charge in [-0.1, -0.05) is 84.5 Å². The quantitative estimate of drug-likeness (QED) is 0.382. The number of aliphatic hydroxyl groups is 1. The number of hydrogen-bond acceptors (Lipinski definition) is 2. The van der Waals surface area contributed by atoms with E-state index in [0.717, 1.165) is 18.8 Å². The third-order valence-electron chi connectivity index (χ3n) is 4.37. The van der Waals surface area contributed by atoms with E-state index in [-0.39, 0.29) is 18.6 Å². The maximum absolute atomic E-state index is 11.5. The second-order valence-electron chi connectivity index (χ2n) is 7.47. The molecule has 0 spiro atoms. The number of hydrogen-bond donors (Lipinski definition) is 2. The summed E-state index contributed by atoms with van der Waals surface area (Å²) < 4.78 is 0. The molecule has 0 bridgehead atoms. The number of carbonyl (C=O) groups excluding carboxylic acids is 1. The molecule has 0 aromatic rings. The van der Waals surface area contributed by atoms with Crippen LogP contribution in [0.25, 0.3) is 0 Å². The third kappa shape index (κ3) is 17.6. The predicted molar refractivity (Wildman–Crippen MR) is 99.5 cm³/mol. The fourth-order valence-electron chi connectivity index (χ4n) is 2.82. The van der Waals surface area contributed by atoms with Crippen LogP contribution in [0.15, 0.2) is 0 Å². The van der Waals surface area contributed by atoms with Gasteiger partial charge in [0.2, 0.25) is 5.91 Å². The normalized spacial score (nSPS) is 12.6. The van der Waals surface area contributed by atoms with Gasteiger partial charge in [0, 0.05) is 12.5 Å². The summed E-state index contributed by atoms with van der Waals surface area (Å²) in [6, 6.07) is -0.118. The maximum Gasteiger partial charge on any atom is 0.220 e. The van der Waals surface area contributed by atoms with Gasteiger partial charge in [-0.25, -0.2) is 0 Å². The second kappa shape index (κ2) is 16.3. The van der Waals surface area contributed by atoms with Crippen molar-refractivity contribution < 1.29 is 9.90 Å². The SMILES string of the molecule is CC(C)CCCCCCCCCCCCCC(=O)NC(C)CO. The molecule has 0 heterocycles. The van der Waals surface area contributed by atoms with E-state index >= 15 is 0 Å². The molecule has 0 rings (SSSR count). The van der Waals surface area contributed by atoms with Crippen molar-refractivity contribution in [1.29, 1.82) is 0 Å². The van der Waals surface area contributed by atoms with E-state index in [4.69, 9.17) is 5.11 Å². The van der Waals surface area contributed by atoms with Crippen molar-refractivity contribution in [3.05, 3.63) is 0 Å². The molecule has 23 heavy (non-hydrogen) atoms. The van der Waals surface area contributed by atoms with Crippen molar-refractivity contribution in [2.75, 3.05) is 6.61 Å². The minimum Gasteiger partial charge on any atom is -0.394 e. The molecule has 0 aromatic heterocycles. The fraction of sp³-hybridized carbons (Fsp3) is 0.950. The van der Waals surface area contributed by atoms with Gasteiger partial charge in [0.1, 0.15) is 0 Å². The molecule has 0 aliphatic carbocycles. The molecule has 1 amide bonds. The average molecular weight is 328 g/mol. The molecule has 0 radical (unpaired) electrons. The Bertz CT molecular complexity index is 266. The fourth-order valence-corrected chi connectivity index (χ4v) is 2.82. The first-order valence-corrected chi connectivity index (χ1v) is 9.96. The van der Waals surface area contributed by atoms with Crippen molar-refractivity contribution in [2.24, 2.45) is 5.92 Å². The number of aliphatic hydroxyl groups excluding tert-OH is 1. The van der Waals surface area contributed by atoms with Crippen LogP contribution < -0.4 is 5.32 Å². The molecule has 1 unspecified atom stereocenters. The first-order valence-electron chi connectivity index (χ1n) is 9.96. The van der Waals surface area contributed by atoms with Crippen molar-refractivity contribution in [2.45, 2.75) is 110 Å². The average Bonchev–Trinajstić information content (AvgIpc) is 2.51. The van der Waals surface area contributed by atoms with Crippen molar-refractivity contribution in [3.8, 4) is 0 Å². The summed E-state index contributed by atoms with van der Waals surface area (Å²) in [4.78, 5) is 11.5. The van der Waals surface area contributed by atoms with Crippen LogP contribution in [0.3, 0.4) is 0 Å². The Labute approximate surface area is 144 Å². The lowest BCUT2D eigenvalue weighted by atomic mass is 10.0. The van der Waals surface area contributed by atoms with Crippen LogP contribution in [-0.4, -0.2) is 23.7 Å². The number of unbranched alkanes of at least 4 members (excludes halogenated alkanes) is 10. The zero-order chi connectivity index (χ0) is 17.3. The molecule has 3 nitrogen and oxygen atoms in total. The topological polar surface area (TPSA) is 49.3 Å². The van der Waals surface area contributed by atoms with E-state index in [9.17, 15) is 4.79 Å². The maximum atomic E-state index is 11.5. The minimum atomic E-state index is -0.118. The van der Waals surface area contributed by atoms with Gasteiger partial charge < -0.3 is 10.4 Å². The lowest BCUT2D eigenvalue weighted by Gasteiger charge is -2.10. The van der Waals surface area contributed by atoms with Crippen molar-refractivity contribution >= 4 is 5.91 Å². The molecule has 2 N–H and O–H groups in total. The van der Waals surface area contributed by atoms with E-state index in [1.54, 1.807) is 0 Å². The van der Waals surface area contributed by atoms with Gasteiger partial charge in [-0.2, -0.15) is 0 Å². The zero-order valence-corrected chi connectivity index (χ0v) is 15.9. The summed E-state index contributed by atoms with van der Waals surface area (Å²) in [5, 5.41) is 11.6. The Hall–Kier alpha value is -0.570. The first-order chi connectivity index (χ1) is 11.1.